The zero-order valence-corrected chi connectivity index (χ0v) is 18.8. The summed E-state index contributed by atoms with van der Waals surface area (Å²) in [4.78, 5) is 36.4. The number of fused-ring (bicyclic) bond motifs is 3. The number of ether oxygens (including phenoxy) is 2. The van der Waals surface area contributed by atoms with E-state index in [4.69, 9.17) is 14.6 Å². The molecule has 0 aromatic heterocycles. The molecule has 3 aromatic rings. The number of hydrogen-bond acceptors (Lipinski definition) is 5. The molecule has 0 heterocycles. The van der Waals surface area contributed by atoms with E-state index in [2.05, 4.69) is 10.6 Å². The lowest BCUT2D eigenvalue weighted by Gasteiger charge is -2.19. The first kappa shape index (κ1) is 23.9. The molecule has 4 rings (SSSR count). The molecular weight excluding hydrogens is 455 g/mol. The molecule has 0 aliphatic heterocycles. The first-order chi connectivity index (χ1) is 16.9. The molecule has 0 bridgehead atoms. The Morgan fingerprint density at radius 2 is 1.63 bits per heavy atom. The topological polar surface area (TPSA) is 114 Å². The van der Waals surface area contributed by atoms with Crippen LogP contribution in [0.5, 0.6) is 0 Å². The number of benzene rings is 3. The molecule has 1 aliphatic carbocycles. The number of carbonyl (C=O) groups excluding carboxylic acids is 2. The van der Waals surface area contributed by atoms with Crippen LogP contribution in [0.2, 0.25) is 0 Å². The molecule has 0 saturated heterocycles. The third kappa shape index (κ3) is 5.15. The lowest BCUT2D eigenvalue weighted by molar-refractivity contribution is -0.119. The molecule has 3 N–H and O–H groups in total. The van der Waals surface area contributed by atoms with Crippen LogP contribution in [-0.4, -0.2) is 49.4 Å². The maximum absolute atomic E-state index is 14.1. The van der Waals surface area contributed by atoms with Crippen molar-refractivity contribution in [2.75, 3.05) is 25.6 Å². The SMILES string of the molecule is COC[C@H](NC(=O)OCC1c2ccccc2-c2ccccc21)C(=O)Nc1cc(C(=O)O)ccc1F. The zero-order valence-electron chi connectivity index (χ0n) is 18.8. The number of amides is 2. The Bertz CT molecular complexity index is 1230. The summed E-state index contributed by atoms with van der Waals surface area (Å²) in [6.07, 6.45) is -0.844. The van der Waals surface area contributed by atoms with E-state index < -0.39 is 29.8 Å². The number of methoxy groups -OCH3 is 1. The number of nitrogens with one attached hydrogen (secondary N) is 2. The third-order valence-corrected chi connectivity index (χ3v) is 5.76. The van der Waals surface area contributed by atoms with E-state index in [0.29, 0.717) is 0 Å². The van der Waals surface area contributed by atoms with Crippen LogP contribution < -0.4 is 10.6 Å². The van der Waals surface area contributed by atoms with Gasteiger partial charge >= 0.3 is 12.1 Å². The van der Waals surface area contributed by atoms with Gasteiger partial charge in [0, 0.05) is 13.0 Å². The molecule has 9 heteroatoms. The molecule has 1 aliphatic rings. The first-order valence-electron chi connectivity index (χ1n) is 10.8. The van der Waals surface area contributed by atoms with E-state index in [1.54, 1.807) is 0 Å². The largest absolute Gasteiger partial charge is 0.478 e. The second kappa shape index (κ2) is 10.4. The fraction of sp³-hybridized carbons (Fsp3) is 0.192. The number of alkyl carbamates (subject to hydrolysis) is 1. The average molecular weight is 478 g/mol. The van der Waals surface area contributed by atoms with Crippen molar-refractivity contribution < 1.29 is 33.4 Å². The van der Waals surface area contributed by atoms with Gasteiger partial charge in [0.15, 0.2) is 0 Å². The summed E-state index contributed by atoms with van der Waals surface area (Å²) in [5, 5.41) is 13.8. The molecule has 180 valence electrons. The highest BCUT2D eigenvalue weighted by Crippen LogP contribution is 2.44. The summed E-state index contributed by atoms with van der Waals surface area (Å²) >= 11 is 0. The predicted molar refractivity (Wildman–Crippen MR) is 126 cm³/mol. The van der Waals surface area contributed by atoms with Crippen LogP contribution in [0, 0.1) is 5.82 Å². The average Bonchev–Trinajstić information content (AvgIpc) is 3.17. The van der Waals surface area contributed by atoms with Gasteiger partial charge in [0.2, 0.25) is 5.91 Å². The zero-order chi connectivity index (χ0) is 24.9. The lowest BCUT2D eigenvalue weighted by Crippen LogP contribution is -2.47. The van der Waals surface area contributed by atoms with Gasteiger partial charge in [0.05, 0.1) is 17.9 Å². The molecule has 35 heavy (non-hydrogen) atoms. The summed E-state index contributed by atoms with van der Waals surface area (Å²) in [5.74, 6) is -3.04. The Kier molecular flexibility index (Phi) is 7.07. The van der Waals surface area contributed by atoms with Crippen molar-refractivity contribution in [3.05, 3.63) is 89.2 Å². The van der Waals surface area contributed by atoms with Crippen molar-refractivity contribution in [2.45, 2.75) is 12.0 Å². The fourth-order valence-corrected chi connectivity index (χ4v) is 4.11. The van der Waals surface area contributed by atoms with E-state index in [-0.39, 0.29) is 30.4 Å². The van der Waals surface area contributed by atoms with Crippen molar-refractivity contribution in [1.29, 1.82) is 0 Å². The molecule has 0 saturated carbocycles. The predicted octanol–water partition coefficient (Wildman–Crippen LogP) is 4.02. The van der Waals surface area contributed by atoms with Gasteiger partial charge in [-0.15, -0.1) is 0 Å². The van der Waals surface area contributed by atoms with Crippen LogP contribution >= 0.6 is 0 Å². The minimum atomic E-state index is -1.27. The Morgan fingerprint density at radius 1 is 1.00 bits per heavy atom. The summed E-state index contributed by atoms with van der Waals surface area (Å²) in [5.41, 5.74) is 3.72. The number of halogens is 1. The number of anilines is 1. The molecule has 0 unspecified atom stereocenters. The van der Waals surface area contributed by atoms with Gasteiger partial charge in [-0.05, 0) is 40.5 Å². The van der Waals surface area contributed by atoms with Gasteiger partial charge < -0.3 is 25.2 Å². The second-order valence-electron chi connectivity index (χ2n) is 7.97. The van der Waals surface area contributed by atoms with E-state index in [1.165, 1.54) is 7.11 Å². The fourth-order valence-electron chi connectivity index (χ4n) is 4.11. The van der Waals surface area contributed by atoms with Crippen LogP contribution in [0.4, 0.5) is 14.9 Å². The highest BCUT2D eigenvalue weighted by molar-refractivity contribution is 5.98. The van der Waals surface area contributed by atoms with Crippen LogP contribution in [0.1, 0.15) is 27.4 Å². The molecule has 1 atom stereocenters. The molecule has 0 spiro atoms. The Hall–Kier alpha value is -4.24. The minimum Gasteiger partial charge on any atom is -0.478 e. The van der Waals surface area contributed by atoms with Crippen LogP contribution in [0.25, 0.3) is 11.1 Å². The quantitative estimate of drug-likeness (QED) is 0.451. The van der Waals surface area contributed by atoms with E-state index >= 15 is 0 Å². The Morgan fingerprint density at radius 3 is 2.23 bits per heavy atom. The lowest BCUT2D eigenvalue weighted by atomic mass is 9.98. The molecule has 8 nitrogen and oxygen atoms in total. The number of carbonyl (C=O) groups is 3. The van der Waals surface area contributed by atoms with Crippen molar-refractivity contribution >= 4 is 23.7 Å². The van der Waals surface area contributed by atoms with E-state index in [1.807, 2.05) is 48.5 Å². The van der Waals surface area contributed by atoms with Crippen molar-refractivity contribution in [1.82, 2.24) is 5.32 Å². The highest BCUT2D eigenvalue weighted by Gasteiger charge is 2.30. The van der Waals surface area contributed by atoms with Crippen LogP contribution in [0.3, 0.4) is 0 Å². The second-order valence-corrected chi connectivity index (χ2v) is 7.97. The normalized spacial score (nSPS) is 12.9. The monoisotopic (exact) mass is 478 g/mol. The van der Waals surface area contributed by atoms with Crippen molar-refractivity contribution in [2.24, 2.45) is 0 Å². The third-order valence-electron chi connectivity index (χ3n) is 5.76. The highest BCUT2D eigenvalue weighted by atomic mass is 19.1. The number of rotatable bonds is 8. The van der Waals surface area contributed by atoms with Crippen molar-refractivity contribution in [3.63, 3.8) is 0 Å². The number of aromatic carboxylic acids is 1. The number of carboxylic acid groups (broad SMARTS) is 1. The van der Waals surface area contributed by atoms with Crippen LogP contribution in [-0.2, 0) is 14.3 Å². The maximum Gasteiger partial charge on any atom is 0.407 e. The summed E-state index contributed by atoms with van der Waals surface area (Å²) in [7, 11) is 1.34. The van der Waals surface area contributed by atoms with Gasteiger partial charge in [0.1, 0.15) is 18.5 Å². The van der Waals surface area contributed by atoms with E-state index in [0.717, 1.165) is 40.5 Å². The number of hydrogen-bond donors (Lipinski definition) is 3. The van der Waals surface area contributed by atoms with Gasteiger partial charge in [0.25, 0.3) is 0 Å². The molecule has 3 aromatic carbocycles. The summed E-state index contributed by atoms with van der Waals surface area (Å²) in [6, 6.07) is 17.6. The molecule has 2 amide bonds. The molecular formula is C26H23FN2O6. The van der Waals surface area contributed by atoms with Crippen LogP contribution in [0.15, 0.2) is 66.7 Å². The Labute approximate surface area is 200 Å². The maximum atomic E-state index is 14.1. The standard InChI is InChI=1S/C26H23FN2O6/c1-34-14-23(24(30)28-22-12-15(25(31)32)10-11-21(22)27)29-26(33)35-13-20-18-8-4-2-6-16(18)17-7-3-5-9-19(17)20/h2-12,20,23H,13-14H2,1H3,(H,28,30)(H,29,33)(H,31,32)/t23-/m0/s1. The number of carboxylic acids is 1. The minimum absolute atomic E-state index is 0.0520. The summed E-state index contributed by atoms with van der Waals surface area (Å²) < 4.78 is 24.6. The smallest absolute Gasteiger partial charge is 0.407 e. The van der Waals surface area contributed by atoms with Gasteiger partial charge in [-0.1, -0.05) is 48.5 Å². The summed E-state index contributed by atoms with van der Waals surface area (Å²) in [6.45, 7) is -0.160. The van der Waals surface area contributed by atoms with Crippen molar-refractivity contribution in [3.8, 4) is 11.1 Å². The van der Waals surface area contributed by atoms with E-state index in [9.17, 15) is 18.8 Å². The molecule has 0 fully saturated rings. The van der Waals surface area contributed by atoms with Gasteiger partial charge in [-0.2, -0.15) is 0 Å². The van der Waals surface area contributed by atoms with Gasteiger partial charge in [-0.3, -0.25) is 4.79 Å². The molecule has 0 radical (unpaired) electrons. The first-order valence-corrected chi connectivity index (χ1v) is 10.8. The Balaban J connectivity index is 1.42. The van der Waals surface area contributed by atoms with Gasteiger partial charge in [-0.25, -0.2) is 14.0 Å².